The second-order valence-electron chi connectivity index (χ2n) is 1.73. The van der Waals surface area contributed by atoms with Gasteiger partial charge in [-0.15, -0.1) is 11.3 Å². The number of carboxylic acid groups (broad SMARTS) is 1. The molecule has 0 atom stereocenters. The number of carboxylic acids is 1. The summed E-state index contributed by atoms with van der Waals surface area (Å²) < 4.78 is 0. The maximum absolute atomic E-state index is 10.3. The average Bonchev–Trinajstić information content (AvgIpc) is 2.48. The molecule has 0 aliphatic carbocycles. The molecule has 0 saturated carbocycles. The first-order valence-corrected chi connectivity index (χ1v) is 3.76. The maximum atomic E-state index is 10.3. The molecule has 1 aromatic rings. The molecule has 0 aliphatic heterocycles. The van der Waals surface area contributed by atoms with Crippen molar-refractivity contribution in [2.75, 3.05) is 0 Å². The molecule has 0 saturated heterocycles. The number of aromatic carboxylic acids is 1. The molecule has 0 fully saturated rings. The van der Waals surface area contributed by atoms with E-state index in [1.54, 1.807) is 0 Å². The monoisotopic (exact) mass is 181 g/mol. The van der Waals surface area contributed by atoms with E-state index in [0.717, 1.165) is 11.3 Å². The molecule has 1 rings (SSSR count). The Hall–Kier alpha value is -1.67. The van der Waals surface area contributed by atoms with E-state index in [1.807, 2.05) is 0 Å². The van der Waals surface area contributed by atoms with Gasteiger partial charge in [-0.2, -0.15) is 0 Å². The lowest BCUT2D eigenvalue weighted by Gasteiger charge is -1.79. The Bertz CT molecular complexity index is 371. The normalized spacial score (nSPS) is 8.33. The van der Waals surface area contributed by atoms with Crippen molar-refractivity contribution in [3.8, 4) is 11.8 Å². The second-order valence-corrected chi connectivity index (χ2v) is 2.59. The first kappa shape index (κ1) is 8.43. The van der Waals surface area contributed by atoms with Crippen LogP contribution in [0, 0.1) is 11.8 Å². The van der Waals surface area contributed by atoms with Crippen LogP contribution < -0.4 is 0 Å². The van der Waals surface area contributed by atoms with Crippen LogP contribution in [0.2, 0.25) is 0 Å². The molecule has 5 heteroatoms. The minimum absolute atomic E-state index is 0.0461. The smallest absolute Gasteiger partial charge is 0.355 e. The third kappa shape index (κ3) is 1.90. The Kier molecular flexibility index (Phi) is 2.56. The number of nitrogens with zero attached hydrogens (tertiary/aromatic N) is 1. The molecule has 0 amide bonds. The lowest BCUT2D eigenvalue weighted by molar-refractivity contribution is -0.103. The molecule has 0 aromatic carbocycles. The summed E-state index contributed by atoms with van der Waals surface area (Å²) in [6, 6.07) is 0. The average molecular weight is 181 g/mol. The molecule has 1 heterocycles. The van der Waals surface area contributed by atoms with Crippen LogP contribution >= 0.6 is 11.3 Å². The van der Waals surface area contributed by atoms with Crippen molar-refractivity contribution in [1.29, 1.82) is 0 Å². The zero-order chi connectivity index (χ0) is 8.97. The summed E-state index contributed by atoms with van der Waals surface area (Å²) in [6.45, 7) is 0. The minimum atomic E-state index is -1.09. The largest absolute Gasteiger partial charge is 0.476 e. The fourth-order valence-electron chi connectivity index (χ4n) is 0.521. The van der Waals surface area contributed by atoms with Crippen LogP contribution in [0.3, 0.4) is 0 Å². The van der Waals surface area contributed by atoms with Crippen molar-refractivity contribution in [3.63, 3.8) is 0 Å². The van der Waals surface area contributed by atoms with Gasteiger partial charge < -0.3 is 5.11 Å². The molecule has 0 radical (unpaired) electrons. The number of hydrogen-bond donors (Lipinski definition) is 1. The predicted molar refractivity (Wildman–Crippen MR) is 42.0 cm³/mol. The van der Waals surface area contributed by atoms with E-state index in [9.17, 15) is 9.59 Å². The highest BCUT2D eigenvalue weighted by molar-refractivity contribution is 7.10. The summed E-state index contributed by atoms with van der Waals surface area (Å²) >= 11 is 1.09. The van der Waals surface area contributed by atoms with Crippen molar-refractivity contribution in [2.45, 2.75) is 0 Å². The van der Waals surface area contributed by atoms with E-state index in [-0.39, 0.29) is 5.69 Å². The molecular formula is C7H3NO3S. The van der Waals surface area contributed by atoms with Gasteiger partial charge in [0.15, 0.2) is 17.0 Å². The van der Waals surface area contributed by atoms with Crippen molar-refractivity contribution >= 4 is 23.6 Å². The second kappa shape index (κ2) is 3.64. The minimum Gasteiger partial charge on any atom is -0.476 e. The number of thiazole rings is 1. The predicted octanol–water partition coefficient (Wildman–Crippen LogP) is 0.392. The molecule has 1 aromatic heterocycles. The van der Waals surface area contributed by atoms with Gasteiger partial charge in [0.25, 0.3) is 0 Å². The van der Waals surface area contributed by atoms with Gasteiger partial charge >= 0.3 is 5.97 Å². The summed E-state index contributed by atoms with van der Waals surface area (Å²) in [5, 5.41) is 10.2. The fourth-order valence-corrected chi connectivity index (χ4v) is 1.17. The Morgan fingerprint density at radius 1 is 1.75 bits per heavy atom. The summed E-state index contributed by atoms with van der Waals surface area (Å²) in [7, 11) is 0. The third-order valence-corrected chi connectivity index (χ3v) is 1.72. The SMILES string of the molecule is O=CC#Cc1nc(C(=O)O)cs1. The topological polar surface area (TPSA) is 67.3 Å². The van der Waals surface area contributed by atoms with Crippen LogP contribution in [0.25, 0.3) is 0 Å². The Morgan fingerprint density at radius 3 is 3.00 bits per heavy atom. The Morgan fingerprint density at radius 2 is 2.50 bits per heavy atom. The van der Waals surface area contributed by atoms with Crippen molar-refractivity contribution in [2.24, 2.45) is 0 Å². The summed E-state index contributed by atoms with van der Waals surface area (Å²) in [5.74, 6) is 3.44. The molecule has 0 unspecified atom stereocenters. The summed E-state index contributed by atoms with van der Waals surface area (Å²) in [4.78, 5) is 23.8. The molecule has 12 heavy (non-hydrogen) atoms. The Labute approximate surface area is 71.9 Å². The van der Waals surface area contributed by atoms with Gasteiger partial charge in [0.1, 0.15) is 0 Å². The van der Waals surface area contributed by atoms with Crippen LogP contribution in [0.1, 0.15) is 15.5 Å². The van der Waals surface area contributed by atoms with Gasteiger partial charge in [-0.25, -0.2) is 9.78 Å². The molecule has 0 aliphatic rings. The van der Waals surface area contributed by atoms with Crippen LogP contribution in [-0.4, -0.2) is 22.3 Å². The summed E-state index contributed by atoms with van der Waals surface area (Å²) in [6.07, 6.45) is 0.432. The molecule has 1 N–H and O–H groups in total. The number of hydrogen-bond acceptors (Lipinski definition) is 4. The van der Waals surface area contributed by atoms with Crippen LogP contribution in [-0.2, 0) is 4.79 Å². The van der Waals surface area contributed by atoms with Crippen LogP contribution in [0.15, 0.2) is 5.38 Å². The molecule has 60 valence electrons. The summed E-state index contributed by atoms with van der Waals surface area (Å²) in [5.41, 5.74) is -0.0461. The van der Waals surface area contributed by atoms with E-state index in [0.29, 0.717) is 11.3 Å². The van der Waals surface area contributed by atoms with Gasteiger partial charge in [-0.05, 0) is 11.8 Å². The molecule has 0 spiro atoms. The first-order valence-electron chi connectivity index (χ1n) is 2.88. The molecule has 0 bridgehead atoms. The number of aromatic nitrogens is 1. The number of aldehydes is 1. The zero-order valence-corrected chi connectivity index (χ0v) is 6.59. The van der Waals surface area contributed by atoms with Crippen LogP contribution in [0.5, 0.6) is 0 Å². The van der Waals surface area contributed by atoms with Gasteiger partial charge in [0.05, 0.1) is 0 Å². The van der Waals surface area contributed by atoms with Crippen molar-refractivity contribution in [3.05, 3.63) is 16.1 Å². The van der Waals surface area contributed by atoms with Gasteiger partial charge in [0, 0.05) is 5.38 Å². The third-order valence-electron chi connectivity index (χ3n) is 0.961. The lowest BCUT2D eigenvalue weighted by Crippen LogP contribution is -1.95. The van der Waals surface area contributed by atoms with Crippen molar-refractivity contribution in [1.82, 2.24) is 4.98 Å². The lowest BCUT2D eigenvalue weighted by atomic mass is 10.5. The highest BCUT2D eigenvalue weighted by Crippen LogP contribution is 2.07. The quantitative estimate of drug-likeness (QED) is 0.502. The van der Waals surface area contributed by atoms with Crippen molar-refractivity contribution < 1.29 is 14.7 Å². The van der Waals surface area contributed by atoms with E-state index in [4.69, 9.17) is 5.11 Å². The molecule has 4 nitrogen and oxygen atoms in total. The number of carbonyl (C=O) groups excluding carboxylic acids is 1. The van der Waals surface area contributed by atoms with E-state index < -0.39 is 5.97 Å². The fraction of sp³-hybridized carbons (Fsp3) is 0. The van der Waals surface area contributed by atoms with E-state index >= 15 is 0 Å². The maximum Gasteiger partial charge on any atom is 0.355 e. The van der Waals surface area contributed by atoms with E-state index in [2.05, 4.69) is 16.8 Å². The van der Waals surface area contributed by atoms with Gasteiger partial charge in [-0.3, -0.25) is 4.79 Å². The van der Waals surface area contributed by atoms with Gasteiger partial charge in [0.2, 0.25) is 0 Å². The number of rotatable bonds is 1. The highest BCUT2D eigenvalue weighted by atomic mass is 32.1. The number of carbonyl (C=O) groups is 2. The Balaban J connectivity index is 2.91. The molecular weight excluding hydrogens is 178 g/mol. The van der Waals surface area contributed by atoms with E-state index in [1.165, 1.54) is 5.38 Å². The first-order chi connectivity index (χ1) is 5.74. The standard InChI is InChI=1S/C7H3NO3S/c9-3-1-2-6-8-5(4-12-6)7(10)11/h3-4H,(H,10,11). The van der Waals surface area contributed by atoms with Gasteiger partial charge in [-0.1, -0.05) is 0 Å². The zero-order valence-electron chi connectivity index (χ0n) is 5.77. The van der Waals surface area contributed by atoms with Crippen LogP contribution in [0.4, 0.5) is 0 Å². The highest BCUT2D eigenvalue weighted by Gasteiger charge is 2.06.